The number of ether oxygens (including phenoxy) is 8. The average molecular weight is 629 g/mol. The summed E-state index contributed by atoms with van der Waals surface area (Å²) >= 11 is 0. The summed E-state index contributed by atoms with van der Waals surface area (Å²) in [5.74, 6) is -3.88. The molecule has 0 aliphatic carbocycles. The van der Waals surface area contributed by atoms with Gasteiger partial charge in [0.15, 0.2) is 12.2 Å². The van der Waals surface area contributed by atoms with Crippen molar-refractivity contribution < 1.29 is 66.7 Å². The zero-order chi connectivity index (χ0) is 32.8. The third-order valence-electron chi connectivity index (χ3n) is 6.68. The number of benzene rings is 2. The quantitative estimate of drug-likeness (QED) is 0.225. The van der Waals surface area contributed by atoms with Crippen LogP contribution in [0.15, 0.2) is 42.5 Å². The topological polar surface area (TPSA) is 176 Å². The Balaban J connectivity index is 1.66. The highest BCUT2D eigenvalue weighted by Gasteiger charge is 2.53. The summed E-state index contributed by atoms with van der Waals surface area (Å²) < 4.78 is 44.2. The first-order valence-electron chi connectivity index (χ1n) is 13.9. The zero-order valence-corrected chi connectivity index (χ0v) is 25.1. The molecule has 6 unspecified atom stereocenters. The molecule has 240 valence electrons. The lowest BCUT2D eigenvalue weighted by atomic mass is 9.94. The van der Waals surface area contributed by atoms with Crippen LogP contribution in [0, 0.1) is 0 Å². The minimum absolute atomic E-state index is 0.00190. The molecule has 0 N–H and O–H groups in total. The molecule has 0 radical (unpaired) electrons. The van der Waals surface area contributed by atoms with E-state index in [1.165, 1.54) is 13.0 Å². The van der Waals surface area contributed by atoms with Crippen LogP contribution in [0.4, 0.5) is 0 Å². The number of carbonyl (C=O) groups is 6. The molecule has 0 saturated carbocycles. The fourth-order valence-corrected chi connectivity index (χ4v) is 5.02. The number of fused-ring (bicyclic) bond motifs is 1. The van der Waals surface area contributed by atoms with Gasteiger partial charge in [-0.3, -0.25) is 24.0 Å². The molecule has 0 amide bonds. The van der Waals surface area contributed by atoms with Gasteiger partial charge >= 0.3 is 35.8 Å². The van der Waals surface area contributed by atoms with Crippen molar-refractivity contribution in [3.8, 4) is 11.5 Å². The molecule has 2 aliphatic heterocycles. The smallest absolute Gasteiger partial charge is 0.342 e. The van der Waals surface area contributed by atoms with Crippen LogP contribution in [0.5, 0.6) is 11.5 Å². The van der Waals surface area contributed by atoms with Crippen LogP contribution in [-0.4, -0.2) is 73.1 Å². The summed E-state index contributed by atoms with van der Waals surface area (Å²) in [4.78, 5) is 72.4. The van der Waals surface area contributed by atoms with E-state index < -0.39 is 79.2 Å². The van der Waals surface area contributed by atoms with Crippen molar-refractivity contribution >= 4 is 35.8 Å². The lowest BCUT2D eigenvalue weighted by Gasteiger charge is -2.44. The van der Waals surface area contributed by atoms with Gasteiger partial charge in [0.05, 0.1) is 0 Å². The van der Waals surface area contributed by atoms with Crippen LogP contribution in [0.25, 0.3) is 0 Å². The van der Waals surface area contributed by atoms with Crippen LogP contribution in [-0.2, 0) is 58.8 Å². The molecule has 0 spiro atoms. The molecular formula is C31H32O14. The van der Waals surface area contributed by atoms with E-state index in [9.17, 15) is 28.8 Å². The Bertz CT molecular complexity index is 1470. The maximum Gasteiger partial charge on any atom is 0.342 e. The van der Waals surface area contributed by atoms with E-state index in [2.05, 4.69) is 0 Å². The first kappa shape index (κ1) is 32.9. The van der Waals surface area contributed by atoms with Gasteiger partial charge in [0.1, 0.15) is 35.9 Å². The highest BCUT2D eigenvalue weighted by atomic mass is 16.7. The van der Waals surface area contributed by atoms with E-state index in [1.807, 2.05) is 0 Å². The largest absolute Gasteiger partial charge is 0.463 e. The van der Waals surface area contributed by atoms with Gasteiger partial charge < -0.3 is 37.9 Å². The lowest BCUT2D eigenvalue weighted by molar-refractivity contribution is -0.288. The molecule has 2 aromatic carbocycles. The number of hydrogen-bond donors (Lipinski definition) is 0. The van der Waals surface area contributed by atoms with Crippen LogP contribution in [0.3, 0.4) is 0 Å². The lowest BCUT2D eigenvalue weighted by Crippen LogP contribution is -2.63. The van der Waals surface area contributed by atoms with Gasteiger partial charge in [-0.15, -0.1) is 0 Å². The summed E-state index contributed by atoms with van der Waals surface area (Å²) in [5, 5.41) is 0. The number of rotatable bonds is 9. The molecule has 0 aromatic heterocycles. The van der Waals surface area contributed by atoms with Crippen molar-refractivity contribution in [2.45, 2.75) is 77.8 Å². The number of hydrogen-bond acceptors (Lipinski definition) is 14. The highest BCUT2D eigenvalue weighted by molar-refractivity contribution is 5.95. The molecular weight excluding hydrogens is 596 g/mol. The molecule has 0 bridgehead atoms. The fraction of sp³-hybridized carbons (Fsp3) is 0.419. The van der Waals surface area contributed by atoms with Gasteiger partial charge in [-0.1, -0.05) is 24.3 Å². The summed E-state index contributed by atoms with van der Waals surface area (Å²) in [6.45, 7) is 5.33. The van der Waals surface area contributed by atoms with Gasteiger partial charge in [-0.2, -0.15) is 0 Å². The van der Waals surface area contributed by atoms with E-state index in [-0.39, 0.29) is 17.7 Å². The minimum atomic E-state index is -1.53. The average Bonchev–Trinajstić information content (AvgIpc) is 2.94. The maximum absolute atomic E-state index is 13.3. The Morgan fingerprint density at radius 3 is 1.98 bits per heavy atom. The molecule has 1 fully saturated rings. The predicted octanol–water partition coefficient (Wildman–Crippen LogP) is 2.53. The fourth-order valence-electron chi connectivity index (χ4n) is 5.02. The second-order valence-corrected chi connectivity index (χ2v) is 10.2. The summed E-state index contributed by atoms with van der Waals surface area (Å²) in [5.41, 5.74) is 1.32. The van der Waals surface area contributed by atoms with Gasteiger partial charge in [0.2, 0.25) is 12.4 Å². The minimum Gasteiger partial charge on any atom is -0.463 e. The maximum atomic E-state index is 13.3. The molecule has 2 aliphatic rings. The van der Waals surface area contributed by atoms with Gasteiger partial charge in [0, 0.05) is 41.0 Å². The second kappa shape index (κ2) is 14.2. The standard InChI is InChI=1S/C31H32O14/c1-15(32)38-14-25-27(40-17(3)34)28(41-18(4)35)29(42-19(5)36)31(45-25)44-23-8-6-7-21-13-24(43-30(37)26(21)23)20-9-11-22(12-10-20)39-16(2)33/h6-12,24-25,27-29,31H,13-14H2,1-5H3. The first-order chi connectivity index (χ1) is 21.3. The summed E-state index contributed by atoms with van der Waals surface area (Å²) in [6.07, 6.45) is -7.44. The van der Waals surface area contributed by atoms with Crippen molar-refractivity contribution in [2.24, 2.45) is 0 Å². The monoisotopic (exact) mass is 628 g/mol. The van der Waals surface area contributed by atoms with Gasteiger partial charge in [-0.25, -0.2) is 4.79 Å². The summed E-state index contributed by atoms with van der Waals surface area (Å²) in [6, 6.07) is 11.4. The molecule has 14 nitrogen and oxygen atoms in total. The second-order valence-electron chi connectivity index (χ2n) is 10.2. The van der Waals surface area contributed by atoms with E-state index in [0.29, 0.717) is 16.9 Å². The Labute approximate surface area is 257 Å². The van der Waals surface area contributed by atoms with E-state index in [0.717, 1.165) is 27.7 Å². The molecule has 6 atom stereocenters. The molecule has 4 rings (SSSR count). The van der Waals surface area contributed by atoms with Crippen molar-refractivity contribution in [2.75, 3.05) is 6.61 Å². The van der Waals surface area contributed by atoms with Crippen molar-refractivity contribution in [1.29, 1.82) is 0 Å². The van der Waals surface area contributed by atoms with Gasteiger partial charge in [-0.05, 0) is 29.3 Å². The Kier molecular flexibility index (Phi) is 10.4. The zero-order valence-electron chi connectivity index (χ0n) is 25.1. The Hall–Kier alpha value is -4.98. The molecule has 2 heterocycles. The Morgan fingerprint density at radius 2 is 1.38 bits per heavy atom. The van der Waals surface area contributed by atoms with E-state index in [1.54, 1.807) is 36.4 Å². The third-order valence-corrected chi connectivity index (χ3v) is 6.68. The van der Waals surface area contributed by atoms with Crippen LogP contribution >= 0.6 is 0 Å². The molecule has 2 aromatic rings. The summed E-state index contributed by atoms with van der Waals surface area (Å²) in [7, 11) is 0. The highest BCUT2D eigenvalue weighted by Crippen LogP contribution is 2.38. The van der Waals surface area contributed by atoms with Crippen molar-refractivity contribution in [3.05, 3.63) is 59.2 Å². The van der Waals surface area contributed by atoms with Crippen LogP contribution in [0.1, 0.15) is 62.2 Å². The molecule has 1 saturated heterocycles. The van der Waals surface area contributed by atoms with Crippen LogP contribution < -0.4 is 9.47 Å². The first-order valence-corrected chi connectivity index (χ1v) is 13.9. The van der Waals surface area contributed by atoms with Gasteiger partial charge in [0.25, 0.3) is 0 Å². The number of esters is 6. The molecule has 45 heavy (non-hydrogen) atoms. The normalized spacial score (nSPS) is 23.8. The SMILES string of the molecule is CC(=O)OCC1OC(Oc2cccc3c2C(=O)OC(c2ccc(OC(C)=O)cc2)C3)C(OC(C)=O)C(OC(C)=O)C1OC(C)=O. The molecule has 14 heteroatoms. The van der Waals surface area contributed by atoms with Crippen molar-refractivity contribution in [3.63, 3.8) is 0 Å². The van der Waals surface area contributed by atoms with Crippen LogP contribution in [0.2, 0.25) is 0 Å². The Morgan fingerprint density at radius 1 is 0.756 bits per heavy atom. The number of carbonyl (C=O) groups excluding carboxylic acids is 6. The van der Waals surface area contributed by atoms with E-state index in [4.69, 9.17) is 37.9 Å². The van der Waals surface area contributed by atoms with Crippen molar-refractivity contribution in [1.82, 2.24) is 0 Å². The van der Waals surface area contributed by atoms with E-state index >= 15 is 0 Å². The third kappa shape index (κ3) is 8.35. The number of cyclic esters (lactones) is 1. The predicted molar refractivity (Wildman–Crippen MR) is 149 cm³/mol.